The first-order valence-corrected chi connectivity index (χ1v) is 38.7. The highest BCUT2D eigenvalue weighted by atomic mass is 32.2. The van der Waals surface area contributed by atoms with Gasteiger partial charge in [-0.25, -0.2) is 20.5 Å². The van der Waals surface area contributed by atoms with Crippen LogP contribution in [0.3, 0.4) is 0 Å². The van der Waals surface area contributed by atoms with E-state index in [1.165, 1.54) is 24.3 Å². The fourth-order valence-electron chi connectivity index (χ4n) is 12.1. The van der Waals surface area contributed by atoms with Crippen LogP contribution >= 0.6 is 24.1 Å². The number of carboxylic acids is 1. The lowest BCUT2D eigenvalue weighted by atomic mass is 9.78. The third kappa shape index (κ3) is 20.4. The number of hydrogen-bond donors (Lipinski definition) is 11. The van der Waals surface area contributed by atoms with Crippen molar-refractivity contribution in [2.45, 2.75) is 63.7 Å². The molecule has 0 fully saturated rings. The van der Waals surface area contributed by atoms with Gasteiger partial charge in [0.2, 0.25) is 5.69 Å². The summed E-state index contributed by atoms with van der Waals surface area (Å²) >= 11 is 1.38. The predicted octanol–water partition coefficient (Wildman–Crippen LogP) is 6.36. The van der Waals surface area contributed by atoms with Crippen LogP contribution in [0, 0.1) is 0 Å². The molecule has 6 aromatic rings. The molecule has 11 N–H and O–H groups in total. The number of carboxylic acid groups (broad SMARTS) is 1. The summed E-state index contributed by atoms with van der Waals surface area (Å²) in [4.78, 5) is 76.0. The van der Waals surface area contributed by atoms with E-state index in [1.807, 2.05) is 38.1 Å². The van der Waals surface area contributed by atoms with Gasteiger partial charge in [0.1, 0.15) is 34.7 Å². The fraction of sp³-hybridized carbons (Fsp3) is 0.355. The van der Waals surface area contributed by atoms with E-state index in [2.05, 4.69) is 54.9 Å². The highest BCUT2D eigenvalue weighted by molar-refractivity contribution is 7.94. The number of nitrogens with zero attached hydrogens (tertiary/aromatic N) is 4. The van der Waals surface area contributed by atoms with E-state index in [4.69, 9.17) is 10.5 Å². The topological polar surface area (TPSA) is 481 Å². The Kier molecular flexibility index (Phi) is 25.9. The van der Waals surface area contributed by atoms with E-state index >= 15 is 0 Å². The van der Waals surface area contributed by atoms with Crippen molar-refractivity contribution in [1.82, 2.24) is 31.2 Å². The summed E-state index contributed by atoms with van der Waals surface area (Å²) in [6, 6.07) is 23.2. The lowest BCUT2D eigenvalue weighted by molar-refractivity contribution is -0.437. The molecule has 1 atom stereocenters. The molecule has 0 bridgehead atoms. The Morgan fingerprint density at radius 1 is 0.560 bits per heavy atom. The quantitative estimate of drug-likeness (QED) is 0.00509. The molecule has 2 aromatic heterocycles. The molecular formula is C62H71N8O24S6+. The second-order valence-corrected chi connectivity index (χ2v) is 31.4. The first kappa shape index (κ1) is 77.8. The molecule has 0 spiro atoms. The first-order valence-electron chi connectivity index (χ1n) is 30.5. The van der Waals surface area contributed by atoms with Gasteiger partial charge in [-0.1, -0.05) is 66.8 Å². The highest BCUT2D eigenvalue weighted by Gasteiger charge is 2.51. The Hall–Kier alpha value is -7.90. The van der Waals surface area contributed by atoms with E-state index in [1.54, 1.807) is 66.1 Å². The van der Waals surface area contributed by atoms with Crippen LogP contribution in [0.2, 0.25) is 0 Å². The number of fused-ring (bicyclic) bond motifs is 6. The van der Waals surface area contributed by atoms with Crippen LogP contribution in [-0.2, 0) is 74.8 Å². The van der Waals surface area contributed by atoms with Gasteiger partial charge in [0.05, 0.1) is 23.0 Å². The maximum Gasteiger partial charge on any atom is 0.303 e. The molecule has 32 nitrogen and oxygen atoms in total. The molecular weight excluding hydrogens is 1430 g/mol. The van der Waals surface area contributed by atoms with Crippen LogP contribution in [0.5, 0.6) is 0 Å². The minimum Gasteiger partial charge on any atom is -0.481 e. The van der Waals surface area contributed by atoms with Crippen LogP contribution < -0.4 is 26.2 Å². The third-order valence-electron chi connectivity index (χ3n) is 16.2. The molecule has 2 aliphatic rings. The van der Waals surface area contributed by atoms with Gasteiger partial charge in [-0.15, -0.1) is 8.67 Å². The van der Waals surface area contributed by atoms with Crippen molar-refractivity contribution in [1.29, 1.82) is 0 Å². The summed E-state index contributed by atoms with van der Waals surface area (Å²) in [5.41, 5.74) is 1.46. The van der Waals surface area contributed by atoms with Gasteiger partial charge < -0.3 is 31.3 Å². The van der Waals surface area contributed by atoms with Gasteiger partial charge in [0, 0.05) is 116 Å². The maximum absolute atomic E-state index is 13.5. The Bertz CT molecular complexity index is 4610. The van der Waals surface area contributed by atoms with Gasteiger partial charge in [-0.2, -0.15) is 38.2 Å². The number of carbonyl (C=O) groups excluding carboxylic acids is 4. The van der Waals surface area contributed by atoms with Crippen LogP contribution in [-0.4, -0.2) is 191 Å². The number of aliphatic carboxylic acids is 1. The molecule has 38 heteroatoms. The van der Waals surface area contributed by atoms with E-state index in [0.717, 1.165) is 22.3 Å². The average molecular weight is 1500 g/mol. The number of pyridine rings is 2. The number of unbranched alkanes of at least 4 members (excludes halogenated alkanes) is 2. The predicted molar refractivity (Wildman–Crippen MR) is 369 cm³/mol. The van der Waals surface area contributed by atoms with Crippen LogP contribution in [0.4, 0.5) is 11.4 Å². The summed E-state index contributed by atoms with van der Waals surface area (Å²) in [7, 11) is -18.4. The van der Waals surface area contributed by atoms with Crippen molar-refractivity contribution in [3.05, 3.63) is 143 Å². The van der Waals surface area contributed by atoms with Crippen molar-refractivity contribution < 1.29 is 115 Å². The summed E-state index contributed by atoms with van der Waals surface area (Å²) in [5.74, 6) is -7.15. The average Bonchev–Trinajstić information content (AvgIpc) is 1.58. The normalized spacial score (nSPS) is 15.8. The second kappa shape index (κ2) is 33.3. The van der Waals surface area contributed by atoms with Crippen molar-refractivity contribution in [3.8, 4) is 22.3 Å². The molecule has 100 heavy (non-hydrogen) atoms. The molecule has 1 unspecified atom stereocenters. The van der Waals surface area contributed by atoms with Crippen molar-refractivity contribution >= 4 is 133 Å². The minimum atomic E-state index is -4.87. The van der Waals surface area contributed by atoms with Gasteiger partial charge in [-0.3, -0.25) is 42.2 Å². The Balaban J connectivity index is 1.22. The molecule has 0 aliphatic carbocycles. The zero-order valence-electron chi connectivity index (χ0n) is 53.6. The first-order chi connectivity index (χ1) is 47.1. The van der Waals surface area contributed by atoms with E-state index in [-0.39, 0.29) is 72.3 Å². The van der Waals surface area contributed by atoms with E-state index in [9.17, 15) is 81.0 Å². The number of aromatic nitrogens is 2. The number of carbonyl (C=O) groups is 5. The van der Waals surface area contributed by atoms with Gasteiger partial charge in [0.25, 0.3) is 64.1 Å². The summed E-state index contributed by atoms with van der Waals surface area (Å²) in [6.45, 7) is 4.84. The monoisotopic (exact) mass is 1500 g/mol. The van der Waals surface area contributed by atoms with Gasteiger partial charge >= 0.3 is 5.97 Å². The van der Waals surface area contributed by atoms with Gasteiger partial charge in [-0.05, 0) is 124 Å². The fourth-order valence-corrected chi connectivity index (χ4v) is 14.9. The van der Waals surface area contributed by atoms with Crippen molar-refractivity contribution in [3.63, 3.8) is 0 Å². The lowest BCUT2D eigenvalue weighted by Crippen LogP contribution is -2.38. The van der Waals surface area contributed by atoms with Crippen molar-refractivity contribution in [2.75, 3.05) is 78.7 Å². The largest absolute Gasteiger partial charge is 0.481 e. The van der Waals surface area contributed by atoms with Crippen LogP contribution in [0.25, 0.3) is 43.8 Å². The van der Waals surface area contributed by atoms with E-state index < -0.39 is 117 Å². The molecule has 8 rings (SSSR count). The highest BCUT2D eigenvalue weighted by Crippen LogP contribution is 2.52. The number of nitrogens with one attached hydrogen (secondary N) is 4. The van der Waals surface area contributed by atoms with Crippen molar-refractivity contribution in [2.24, 2.45) is 0 Å². The number of rotatable bonds is 36. The maximum atomic E-state index is 13.5. The Morgan fingerprint density at radius 2 is 1.03 bits per heavy atom. The van der Waals surface area contributed by atoms with E-state index in [0.29, 0.717) is 99.7 Å². The lowest BCUT2D eigenvalue weighted by Gasteiger charge is -2.27. The zero-order valence-corrected chi connectivity index (χ0v) is 58.5. The number of amides is 4. The Labute approximate surface area is 582 Å². The molecule has 4 heterocycles. The van der Waals surface area contributed by atoms with Crippen LogP contribution in [0.1, 0.15) is 106 Å². The SMILES string of the molecule is CC1(CS(=O)(=O)O)C(/C=C/C=C2/N(CCCCCC(=O)O)c3ccc4cc(-c5cc(C(=O)NCCS(=O)(=O)O)nc(C(=O)NCCS(=O)(=O)O)c5)ccc4c3C2(C)C)=[N+](CCCS(=O)(=O)O)c2ccc3cc(-c4cc(C(=O)NCCSOOO)nc(C(=O)NCCSOOO)c4)ccc3c21. The number of hydrogen-bond acceptors (Lipinski definition) is 24. The number of benzene rings is 4. The standard InChI is InChI=1S/C62H70N8O24S6/c1-61(2)52(69(24-6-4-5-11-54(71)72)50-18-14-40-31-38(12-16-44(40)55(50)61)43-35-48(59(75)65-22-29-98(82,83)84)68-49(36-43)60(76)66-23-30-99(85,86)87)9-7-10-53-62(3,37-100(88,89)90)56-45-17-13-39(32-41(45)15-19-51(56)70(53)25-8-28-97(79,80)81)42-33-46(57(73)63-20-26-95-93-91-77)67-47(34-42)58(74)64-21-27-96-94-92-78/h7,9-10,12-19,31-36H,4-6,8,11,20-30,37H2,1-3H3,(H10-,63,64,65,66,71,72,73,74,75,76,77,78,79,80,81,82,83,84,85,86,87,88,89,90)/p+1. The summed E-state index contributed by atoms with van der Waals surface area (Å²) in [5, 5.41) is 46.0. The minimum absolute atomic E-state index is 0.0116. The van der Waals surface area contributed by atoms with Crippen LogP contribution in [0.15, 0.2) is 109 Å². The Morgan fingerprint density at radius 3 is 1.49 bits per heavy atom. The molecule has 4 amide bonds. The molecule has 0 saturated heterocycles. The summed E-state index contributed by atoms with van der Waals surface area (Å²) < 4.78 is 147. The smallest absolute Gasteiger partial charge is 0.303 e. The number of anilines is 1. The zero-order chi connectivity index (χ0) is 73.0. The third-order valence-corrected chi connectivity index (χ3v) is 20.5. The second-order valence-electron chi connectivity index (χ2n) is 23.7. The molecule has 4 aromatic carbocycles. The molecule has 0 saturated carbocycles. The summed E-state index contributed by atoms with van der Waals surface area (Å²) in [6.07, 6.45) is 6.43. The molecule has 2 aliphatic heterocycles. The molecule has 0 radical (unpaired) electrons. The van der Waals surface area contributed by atoms with Gasteiger partial charge in [0.15, 0.2) is 5.71 Å². The molecule has 538 valence electrons. The number of allylic oxidation sites excluding steroid dienone is 4.